The number of hydrogen-bond acceptors (Lipinski definition) is 3. The van der Waals surface area contributed by atoms with Crippen molar-refractivity contribution in [3.63, 3.8) is 0 Å². The number of amides is 1. The third-order valence-electron chi connectivity index (χ3n) is 3.01. The third kappa shape index (κ3) is 2.81. The fourth-order valence-corrected chi connectivity index (χ4v) is 1.96. The van der Waals surface area contributed by atoms with Gasteiger partial charge < -0.3 is 4.74 Å². The lowest BCUT2D eigenvalue weighted by Crippen LogP contribution is -2.30. The second kappa shape index (κ2) is 5.57. The van der Waals surface area contributed by atoms with Crippen molar-refractivity contribution in [2.45, 2.75) is 0 Å². The summed E-state index contributed by atoms with van der Waals surface area (Å²) in [4.78, 5) is 20.2. The maximum Gasteiger partial charge on any atom is 0.304 e. The maximum absolute atomic E-state index is 11.9. The van der Waals surface area contributed by atoms with Crippen LogP contribution < -0.4 is 15.5 Å². The molecule has 2 aromatic carbocycles. The smallest absolute Gasteiger partial charge is 0.304 e. The average molecular weight is 276 g/mol. The Morgan fingerprint density at radius 2 is 1.81 bits per heavy atom. The second-order valence-corrected chi connectivity index (χ2v) is 4.43. The largest absolute Gasteiger partial charge is 0.497 e. The Morgan fingerprint density at radius 3 is 2.57 bits per heavy atom. The van der Waals surface area contributed by atoms with Gasteiger partial charge >= 0.3 is 5.91 Å². The van der Waals surface area contributed by atoms with Gasteiger partial charge in [0.25, 0.3) is 0 Å². The van der Waals surface area contributed by atoms with Crippen LogP contribution in [-0.4, -0.2) is 13.0 Å². The predicted octanol–water partition coefficient (Wildman–Crippen LogP) is 1.67. The van der Waals surface area contributed by atoms with Gasteiger partial charge in [-0.2, -0.15) is 0 Å². The van der Waals surface area contributed by atoms with E-state index in [0.717, 1.165) is 11.3 Å². The van der Waals surface area contributed by atoms with Crippen LogP contribution >= 0.6 is 0 Å². The van der Waals surface area contributed by atoms with E-state index < -0.39 is 0 Å². The first-order chi connectivity index (χ1) is 10.3. The van der Waals surface area contributed by atoms with Crippen molar-refractivity contribution in [1.82, 2.24) is 0 Å². The van der Waals surface area contributed by atoms with Crippen LogP contribution in [0.5, 0.6) is 5.75 Å². The van der Waals surface area contributed by atoms with Crippen molar-refractivity contribution in [3.05, 3.63) is 76.2 Å². The topological polar surface area (TPSA) is 51.0 Å². The molecule has 0 aromatic heterocycles. The number of hydrogen-bond donors (Lipinski definition) is 0. The zero-order chi connectivity index (χ0) is 14.7. The molecule has 0 spiro atoms. The molecule has 1 aliphatic heterocycles. The van der Waals surface area contributed by atoms with E-state index in [9.17, 15) is 4.79 Å². The Balaban J connectivity index is 2.05. The van der Waals surface area contributed by atoms with Crippen LogP contribution in [0.2, 0.25) is 0 Å². The van der Waals surface area contributed by atoms with E-state index in [1.54, 1.807) is 19.3 Å². The van der Waals surface area contributed by atoms with Crippen LogP contribution in [0, 0.1) is 0 Å². The molecular formula is C17H12N2O2. The first-order valence-corrected chi connectivity index (χ1v) is 6.44. The third-order valence-corrected chi connectivity index (χ3v) is 3.01. The SMILES string of the molecule is COc1cccc(C=C=C2N=c3ccccc3=NC2=O)c1. The van der Waals surface area contributed by atoms with Crippen molar-refractivity contribution in [2.75, 3.05) is 7.11 Å². The minimum atomic E-state index is -0.382. The lowest BCUT2D eigenvalue weighted by Gasteiger charge is -2.00. The van der Waals surface area contributed by atoms with Crippen LogP contribution in [0.3, 0.4) is 0 Å². The lowest BCUT2D eigenvalue weighted by atomic mass is 10.2. The van der Waals surface area contributed by atoms with Gasteiger partial charge in [0.2, 0.25) is 0 Å². The number of methoxy groups -OCH3 is 1. The molecule has 0 saturated carbocycles. The number of rotatable bonds is 2. The molecular weight excluding hydrogens is 264 g/mol. The quantitative estimate of drug-likeness (QED) is 0.619. The Kier molecular flexibility index (Phi) is 3.46. The van der Waals surface area contributed by atoms with Crippen molar-refractivity contribution in [3.8, 4) is 5.75 Å². The Hall–Kier alpha value is -2.97. The van der Waals surface area contributed by atoms with Gasteiger partial charge in [0.1, 0.15) is 5.75 Å². The fourth-order valence-electron chi connectivity index (χ4n) is 1.96. The van der Waals surface area contributed by atoms with Gasteiger partial charge in [-0.25, -0.2) is 9.98 Å². The molecule has 21 heavy (non-hydrogen) atoms. The summed E-state index contributed by atoms with van der Waals surface area (Å²) in [5, 5.41) is 1.27. The van der Waals surface area contributed by atoms with Gasteiger partial charge in [0.15, 0.2) is 5.70 Å². The highest BCUT2D eigenvalue weighted by molar-refractivity contribution is 5.94. The van der Waals surface area contributed by atoms with E-state index in [-0.39, 0.29) is 11.6 Å². The van der Waals surface area contributed by atoms with Gasteiger partial charge in [0.05, 0.1) is 17.8 Å². The molecule has 2 aromatic rings. The van der Waals surface area contributed by atoms with Crippen LogP contribution in [-0.2, 0) is 4.79 Å². The molecule has 1 heterocycles. The molecule has 4 heteroatoms. The van der Waals surface area contributed by atoms with E-state index in [2.05, 4.69) is 15.7 Å². The molecule has 0 fully saturated rings. The number of carbonyl (C=O) groups is 1. The summed E-state index contributed by atoms with van der Waals surface area (Å²) >= 11 is 0. The Morgan fingerprint density at radius 1 is 1.05 bits per heavy atom. The molecule has 0 aliphatic carbocycles. The van der Waals surface area contributed by atoms with Crippen molar-refractivity contribution >= 4 is 12.0 Å². The number of benzene rings is 2. The highest BCUT2D eigenvalue weighted by atomic mass is 16.5. The molecule has 1 amide bonds. The van der Waals surface area contributed by atoms with E-state index in [4.69, 9.17) is 4.74 Å². The minimum absolute atomic E-state index is 0.205. The zero-order valence-electron chi connectivity index (χ0n) is 11.4. The van der Waals surface area contributed by atoms with Crippen LogP contribution in [0.1, 0.15) is 5.56 Å². The maximum atomic E-state index is 11.9. The predicted molar refractivity (Wildman–Crippen MR) is 78.2 cm³/mol. The molecule has 3 rings (SSSR count). The molecule has 0 atom stereocenters. The first kappa shape index (κ1) is 13.0. The van der Waals surface area contributed by atoms with Crippen LogP contribution in [0.25, 0.3) is 6.08 Å². The van der Waals surface area contributed by atoms with Gasteiger partial charge in [-0.05, 0) is 35.9 Å². The number of nitrogens with zero attached hydrogens (tertiary/aromatic N) is 2. The van der Waals surface area contributed by atoms with Crippen LogP contribution in [0.15, 0.2) is 69.9 Å². The van der Waals surface area contributed by atoms with E-state index in [1.807, 2.05) is 42.5 Å². The molecule has 1 aliphatic rings. The molecule has 0 N–H and O–H groups in total. The van der Waals surface area contributed by atoms with Crippen molar-refractivity contribution in [1.29, 1.82) is 0 Å². The Bertz CT molecular complexity index is 891. The standard InChI is InChI=1S/C17H12N2O2/c1-21-13-6-4-5-12(11-13)9-10-16-17(20)19-15-8-3-2-7-14(15)18-16/h2-9,11H,1H3. The summed E-state index contributed by atoms with van der Waals surface area (Å²) in [6.45, 7) is 0. The number of carbonyl (C=O) groups excluding carboxylic acids is 1. The molecule has 0 bridgehead atoms. The molecule has 0 radical (unpaired) electrons. The minimum Gasteiger partial charge on any atom is -0.497 e. The Labute approximate surface area is 121 Å². The number of para-hydroxylation sites is 2. The monoisotopic (exact) mass is 276 g/mol. The van der Waals surface area contributed by atoms with Crippen molar-refractivity contribution < 1.29 is 9.53 Å². The summed E-state index contributed by atoms with van der Waals surface area (Å²) in [5.74, 6) is 0.366. The normalized spacial score (nSPS) is 12.6. The number of fused-ring (bicyclic) bond motifs is 1. The highest BCUT2D eigenvalue weighted by Gasteiger charge is 2.10. The van der Waals surface area contributed by atoms with E-state index >= 15 is 0 Å². The molecule has 102 valence electrons. The van der Waals surface area contributed by atoms with Gasteiger partial charge in [-0.15, -0.1) is 0 Å². The molecule has 0 saturated heterocycles. The first-order valence-electron chi connectivity index (χ1n) is 6.44. The fraction of sp³-hybridized carbons (Fsp3) is 0.0588. The summed E-state index contributed by atoms with van der Waals surface area (Å²) in [6.07, 6.45) is 1.70. The molecule has 0 unspecified atom stereocenters. The summed E-state index contributed by atoms with van der Waals surface area (Å²) in [5.41, 5.74) is 3.99. The van der Waals surface area contributed by atoms with Crippen LogP contribution in [0.4, 0.5) is 0 Å². The highest BCUT2D eigenvalue weighted by Crippen LogP contribution is 2.13. The van der Waals surface area contributed by atoms with E-state index in [1.165, 1.54) is 0 Å². The van der Waals surface area contributed by atoms with Gasteiger partial charge in [-0.1, -0.05) is 30.0 Å². The summed E-state index contributed by atoms with van der Waals surface area (Å²) < 4.78 is 5.15. The van der Waals surface area contributed by atoms with Gasteiger partial charge in [-0.3, -0.25) is 4.79 Å². The summed E-state index contributed by atoms with van der Waals surface area (Å²) in [7, 11) is 1.61. The van der Waals surface area contributed by atoms with Gasteiger partial charge in [0, 0.05) is 0 Å². The van der Waals surface area contributed by atoms with Crippen molar-refractivity contribution in [2.24, 2.45) is 9.98 Å². The average Bonchev–Trinajstić information content (AvgIpc) is 2.53. The molecule has 4 nitrogen and oxygen atoms in total. The zero-order valence-corrected chi connectivity index (χ0v) is 11.4. The summed E-state index contributed by atoms with van der Waals surface area (Å²) in [6, 6.07) is 14.7. The lowest BCUT2D eigenvalue weighted by molar-refractivity contribution is -0.114. The number of ether oxygens (including phenoxy) is 1. The van der Waals surface area contributed by atoms with E-state index in [0.29, 0.717) is 10.7 Å². The second-order valence-electron chi connectivity index (χ2n) is 4.43.